The van der Waals surface area contributed by atoms with Gasteiger partial charge < -0.3 is 0 Å². The van der Waals surface area contributed by atoms with E-state index in [0.29, 0.717) is 23.2 Å². The van der Waals surface area contributed by atoms with Gasteiger partial charge in [0.05, 0.1) is 0 Å². The number of hydrogen-bond donors (Lipinski definition) is 0. The Morgan fingerprint density at radius 3 is 2.16 bits per heavy atom. The van der Waals surface area contributed by atoms with Gasteiger partial charge in [-0.2, -0.15) is 4.31 Å². The van der Waals surface area contributed by atoms with Crippen molar-refractivity contribution in [3.8, 4) is 0 Å². The monoisotopic (exact) mass is 378 g/mol. The second-order valence-electron chi connectivity index (χ2n) is 6.94. The Balaban J connectivity index is 1.58. The van der Waals surface area contributed by atoms with Crippen LogP contribution in [-0.4, -0.2) is 43.8 Å². The highest BCUT2D eigenvalue weighted by Crippen LogP contribution is 2.25. The summed E-state index contributed by atoms with van der Waals surface area (Å²) in [4.78, 5) is 3.36. The summed E-state index contributed by atoms with van der Waals surface area (Å²) in [5.41, 5.74) is 2.64. The molecule has 0 bridgehead atoms. The molecule has 0 spiro atoms. The van der Waals surface area contributed by atoms with Gasteiger partial charge in [0.15, 0.2) is 0 Å². The largest absolute Gasteiger partial charge is 0.296 e. The van der Waals surface area contributed by atoms with Crippen LogP contribution in [0.25, 0.3) is 0 Å². The summed E-state index contributed by atoms with van der Waals surface area (Å²) in [5.74, 6) is 0.545. The molecule has 0 N–H and O–H groups in total. The van der Waals surface area contributed by atoms with Gasteiger partial charge in [0, 0.05) is 37.6 Å². The normalized spacial score (nSPS) is 17.3. The standard InChI is InChI=1S/C19H26N2O2S2/c1-15(2)18-7-5-17(6-8-18)14-20-10-12-21(13-11-20)25(22,23)19-9-4-16(3)24-19/h4-9,15H,10-14H2,1-3H3. The first-order valence-electron chi connectivity index (χ1n) is 8.74. The van der Waals surface area contributed by atoms with Gasteiger partial charge in [0.1, 0.15) is 4.21 Å². The number of nitrogens with zero attached hydrogens (tertiary/aromatic N) is 2. The van der Waals surface area contributed by atoms with Crippen LogP contribution in [0.4, 0.5) is 0 Å². The van der Waals surface area contributed by atoms with Crippen LogP contribution in [-0.2, 0) is 16.6 Å². The van der Waals surface area contributed by atoms with Crippen molar-refractivity contribution in [2.24, 2.45) is 0 Å². The quantitative estimate of drug-likeness (QED) is 0.797. The fourth-order valence-corrected chi connectivity index (χ4v) is 5.93. The summed E-state index contributed by atoms with van der Waals surface area (Å²) in [6, 6.07) is 12.4. The van der Waals surface area contributed by atoms with E-state index in [-0.39, 0.29) is 0 Å². The fourth-order valence-electron chi connectivity index (χ4n) is 3.07. The van der Waals surface area contributed by atoms with Crippen molar-refractivity contribution in [2.75, 3.05) is 26.2 Å². The van der Waals surface area contributed by atoms with Gasteiger partial charge in [-0.05, 0) is 36.1 Å². The van der Waals surface area contributed by atoms with Gasteiger partial charge in [-0.25, -0.2) is 8.42 Å². The van der Waals surface area contributed by atoms with E-state index < -0.39 is 10.0 Å². The highest BCUT2D eigenvalue weighted by Gasteiger charge is 2.29. The maximum Gasteiger partial charge on any atom is 0.252 e. The van der Waals surface area contributed by atoms with Gasteiger partial charge in [-0.3, -0.25) is 4.90 Å². The van der Waals surface area contributed by atoms with E-state index in [1.54, 1.807) is 10.4 Å². The van der Waals surface area contributed by atoms with Gasteiger partial charge in [-0.15, -0.1) is 11.3 Å². The molecule has 1 aliphatic heterocycles. The van der Waals surface area contributed by atoms with Crippen molar-refractivity contribution in [2.45, 2.75) is 37.4 Å². The third-order valence-corrected chi connectivity index (χ3v) is 8.06. The van der Waals surface area contributed by atoms with Crippen molar-refractivity contribution in [3.63, 3.8) is 0 Å². The van der Waals surface area contributed by atoms with Gasteiger partial charge in [0.2, 0.25) is 0 Å². The minimum Gasteiger partial charge on any atom is -0.296 e. The summed E-state index contributed by atoms with van der Waals surface area (Å²) >= 11 is 1.35. The Hall–Kier alpha value is -1.21. The Morgan fingerprint density at radius 2 is 1.64 bits per heavy atom. The molecule has 1 aliphatic rings. The molecule has 0 unspecified atom stereocenters. The Kier molecular flexibility index (Phi) is 5.63. The minimum absolute atomic E-state index is 0.461. The lowest BCUT2D eigenvalue weighted by atomic mass is 10.0. The molecule has 4 nitrogen and oxygen atoms in total. The predicted octanol–water partition coefficient (Wildman–Crippen LogP) is 3.69. The molecule has 2 aromatic rings. The van der Waals surface area contributed by atoms with Crippen molar-refractivity contribution in [1.29, 1.82) is 0 Å². The van der Waals surface area contributed by atoms with E-state index >= 15 is 0 Å². The zero-order valence-corrected chi connectivity index (χ0v) is 16.7. The second-order valence-corrected chi connectivity index (χ2v) is 10.4. The smallest absolute Gasteiger partial charge is 0.252 e. The average Bonchev–Trinajstić information content (AvgIpc) is 3.03. The molecule has 0 aliphatic carbocycles. The van der Waals surface area contributed by atoms with E-state index in [9.17, 15) is 8.42 Å². The van der Waals surface area contributed by atoms with Crippen LogP contribution in [0.5, 0.6) is 0 Å². The third kappa shape index (κ3) is 4.31. The predicted molar refractivity (Wildman–Crippen MR) is 104 cm³/mol. The first-order chi connectivity index (χ1) is 11.9. The molecule has 136 valence electrons. The SMILES string of the molecule is Cc1ccc(S(=O)(=O)N2CCN(Cc3ccc(C(C)C)cc3)CC2)s1. The van der Waals surface area contributed by atoms with E-state index in [0.717, 1.165) is 24.5 Å². The summed E-state index contributed by atoms with van der Waals surface area (Å²) < 4.78 is 27.5. The molecule has 0 atom stereocenters. The summed E-state index contributed by atoms with van der Waals surface area (Å²) in [6.45, 7) is 9.88. The Morgan fingerprint density at radius 1 is 1.00 bits per heavy atom. The molecule has 25 heavy (non-hydrogen) atoms. The summed E-state index contributed by atoms with van der Waals surface area (Å²) in [5, 5.41) is 0. The molecule has 0 saturated carbocycles. The van der Waals surface area contributed by atoms with Crippen LogP contribution >= 0.6 is 11.3 Å². The molecule has 1 fully saturated rings. The summed E-state index contributed by atoms with van der Waals surface area (Å²) in [7, 11) is -3.33. The Bertz CT molecular complexity index is 802. The minimum atomic E-state index is -3.33. The third-order valence-electron chi connectivity index (χ3n) is 4.69. The second kappa shape index (κ2) is 7.58. The average molecular weight is 379 g/mol. The molecule has 6 heteroatoms. The molecule has 3 rings (SSSR count). The maximum atomic E-state index is 12.7. The van der Waals surface area contributed by atoms with Crippen molar-refractivity contribution in [3.05, 3.63) is 52.4 Å². The molecule has 1 aromatic carbocycles. The number of rotatable bonds is 5. The Labute approximate surface area is 155 Å². The topological polar surface area (TPSA) is 40.6 Å². The number of thiophene rings is 1. The lowest BCUT2D eigenvalue weighted by molar-refractivity contribution is 0.182. The fraction of sp³-hybridized carbons (Fsp3) is 0.474. The van der Waals surface area contributed by atoms with Crippen LogP contribution in [0.1, 0.15) is 35.8 Å². The molecule has 0 amide bonds. The van der Waals surface area contributed by atoms with Gasteiger partial charge in [-0.1, -0.05) is 38.1 Å². The van der Waals surface area contributed by atoms with E-state index in [4.69, 9.17) is 0 Å². The van der Waals surface area contributed by atoms with Crippen molar-refractivity contribution >= 4 is 21.4 Å². The molecule has 0 radical (unpaired) electrons. The van der Waals surface area contributed by atoms with Crippen molar-refractivity contribution < 1.29 is 8.42 Å². The van der Waals surface area contributed by atoms with Crippen LogP contribution in [0, 0.1) is 6.92 Å². The van der Waals surface area contributed by atoms with Gasteiger partial charge in [0.25, 0.3) is 10.0 Å². The number of piperazine rings is 1. The van der Waals surface area contributed by atoms with Gasteiger partial charge >= 0.3 is 0 Å². The lowest BCUT2D eigenvalue weighted by Crippen LogP contribution is -2.48. The molecular formula is C19H26N2O2S2. The number of benzene rings is 1. The zero-order chi connectivity index (χ0) is 18.0. The molecular weight excluding hydrogens is 352 g/mol. The van der Waals surface area contributed by atoms with Crippen LogP contribution in [0.15, 0.2) is 40.6 Å². The number of sulfonamides is 1. The first-order valence-corrected chi connectivity index (χ1v) is 11.0. The highest BCUT2D eigenvalue weighted by atomic mass is 32.2. The van der Waals surface area contributed by atoms with Crippen LogP contribution in [0.3, 0.4) is 0 Å². The van der Waals surface area contributed by atoms with E-state index in [1.807, 2.05) is 13.0 Å². The lowest BCUT2D eigenvalue weighted by Gasteiger charge is -2.33. The summed E-state index contributed by atoms with van der Waals surface area (Å²) in [6.07, 6.45) is 0. The zero-order valence-electron chi connectivity index (χ0n) is 15.1. The van der Waals surface area contributed by atoms with E-state index in [1.165, 1.54) is 22.5 Å². The molecule has 2 heterocycles. The maximum absolute atomic E-state index is 12.7. The van der Waals surface area contributed by atoms with Crippen molar-refractivity contribution in [1.82, 2.24) is 9.21 Å². The number of aryl methyl sites for hydroxylation is 1. The van der Waals surface area contributed by atoms with Crippen LogP contribution in [0.2, 0.25) is 0 Å². The van der Waals surface area contributed by atoms with Crippen LogP contribution < -0.4 is 0 Å². The highest BCUT2D eigenvalue weighted by molar-refractivity contribution is 7.91. The first kappa shape index (κ1) is 18.6. The number of hydrogen-bond acceptors (Lipinski definition) is 4. The molecule has 1 saturated heterocycles. The molecule has 1 aromatic heterocycles. The van der Waals surface area contributed by atoms with E-state index in [2.05, 4.69) is 43.0 Å².